The average Bonchev–Trinajstić information content (AvgIpc) is 2.80. The molecule has 2 aromatic carbocycles. The lowest BCUT2D eigenvalue weighted by molar-refractivity contribution is -0.167. The van der Waals surface area contributed by atoms with Gasteiger partial charge in [-0.15, -0.1) is 0 Å². The van der Waals surface area contributed by atoms with Gasteiger partial charge in [-0.05, 0) is 50.1 Å². The molecular formula is C27H26F3N3O4. The Kier molecular flexibility index (Phi) is 8.73. The summed E-state index contributed by atoms with van der Waals surface area (Å²) in [5.41, 5.74) is 3.70. The number of carbonyl (C=O) groups is 1. The number of nitrogens with one attached hydrogen (secondary N) is 2. The highest BCUT2D eigenvalue weighted by molar-refractivity contribution is 5.94. The van der Waals surface area contributed by atoms with Crippen LogP contribution >= 0.6 is 0 Å². The summed E-state index contributed by atoms with van der Waals surface area (Å²) in [6.45, 7) is 5.64. The van der Waals surface area contributed by atoms with E-state index in [1.54, 1.807) is 5.32 Å². The van der Waals surface area contributed by atoms with Gasteiger partial charge in [0, 0.05) is 28.9 Å². The fourth-order valence-electron chi connectivity index (χ4n) is 3.89. The summed E-state index contributed by atoms with van der Waals surface area (Å²) < 4.78 is 44.0. The van der Waals surface area contributed by atoms with Crippen LogP contribution in [0.5, 0.6) is 0 Å². The summed E-state index contributed by atoms with van der Waals surface area (Å²) in [6.07, 6.45) is -4.15. The smallest absolute Gasteiger partial charge is 0.348 e. The maximum absolute atomic E-state index is 12.6. The van der Waals surface area contributed by atoms with Crippen LogP contribution in [0.25, 0.3) is 0 Å². The van der Waals surface area contributed by atoms with E-state index in [2.05, 4.69) is 16.8 Å². The molecule has 0 saturated heterocycles. The summed E-state index contributed by atoms with van der Waals surface area (Å²) in [5.74, 6) is 3.52. The lowest BCUT2D eigenvalue weighted by Crippen LogP contribution is -2.36. The van der Waals surface area contributed by atoms with Crippen molar-refractivity contribution in [1.29, 1.82) is 0 Å². The molecule has 0 unspecified atom stereocenters. The number of hydrogen-bond donors (Lipinski definition) is 2. The molecule has 1 heterocycles. The van der Waals surface area contributed by atoms with Gasteiger partial charge in [-0.1, -0.05) is 48.1 Å². The van der Waals surface area contributed by atoms with E-state index < -0.39 is 23.3 Å². The first-order valence-corrected chi connectivity index (χ1v) is 11.4. The van der Waals surface area contributed by atoms with Crippen LogP contribution in [0.15, 0.2) is 52.1 Å². The molecule has 194 valence electrons. The minimum atomic E-state index is -4.97. The second kappa shape index (κ2) is 11.8. The number of hydrogen-bond acceptors (Lipinski definition) is 4. The highest BCUT2D eigenvalue weighted by Crippen LogP contribution is 2.18. The molecule has 0 aliphatic rings. The van der Waals surface area contributed by atoms with Crippen molar-refractivity contribution in [2.24, 2.45) is 0 Å². The Morgan fingerprint density at radius 3 is 2.32 bits per heavy atom. The number of aromatic amines is 1. The lowest BCUT2D eigenvalue weighted by Gasteiger charge is -2.16. The van der Waals surface area contributed by atoms with Crippen LogP contribution in [-0.4, -0.2) is 28.2 Å². The van der Waals surface area contributed by atoms with Gasteiger partial charge in [0.2, 0.25) is 0 Å². The largest absolute Gasteiger partial charge is 0.471 e. The van der Waals surface area contributed by atoms with Gasteiger partial charge in [0.1, 0.15) is 13.3 Å². The van der Waals surface area contributed by atoms with Crippen molar-refractivity contribution in [3.63, 3.8) is 0 Å². The van der Waals surface area contributed by atoms with Crippen LogP contribution in [0.4, 0.5) is 18.9 Å². The molecule has 0 bridgehead atoms. The highest BCUT2D eigenvalue weighted by Gasteiger charge is 2.38. The molecule has 1 amide bonds. The Bertz CT molecular complexity index is 1440. The van der Waals surface area contributed by atoms with Crippen LogP contribution in [-0.2, 0) is 29.1 Å². The van der Waals surface area contributed by atoms with Crippen molar-refractivity contribution in [2.75, 3.05) is 11.9 Å². The minimum absolute atomic E-state index is 0.00960. The van der Waals surface area contributed by atoms with Gasteiger partial charge in [-0.25, -0.2) is 4.79 Å². The molecule has 0 spiro atoms. The van der Waals surface area contributed by atoms with E-state index in [-0.39, 0.29) is 19.0 Å². The van der Waals surface area contributed by atoms with Crippen LogP contribution in [0.1, 0.15) is 40.4 Å². The molecule has 0 radical (unpaired) electrons. The molecule has 2 N–H and O–H groups in total. The summed E-state index contributed by atoms with van der Waals surface area (Å²) in [4.78, 5) is 38.4. The van der Waals surface area contributed by atoms with Crippen LogP contribution < -0.4 is 16.6 Å². The monoisotopic (exact) mass is 513 g/mol. The number of H-pyrrole nitrogens is 1. The first kappa shape index (κ1) is 27.5. The number of anilines is 1. The first-order chi connectivity index (χ1) is 17.5. The SMILES string of the molecule is CCc1c(Cc2cc(C)cc(C)c2)n(COCC#Cc2ccc(NC(=O)C(F)(F)F)cc2)c(=O)[nH]c1=O. The summed E-state index contributed by atoms with van der Waals surface area (Å²) >= 11 is 0. The molecule has 1 aromatic heterocycles. The number of benzene rings is 2. The molecule has 3 aromatic rings. The number of halogens is 3. The highest BCUT2D eigenvalue weighted by atomic mass is 19.4. The molecule has 0 aliphatic heterocycles. The van der Waals surface area contributed by atoms with Crippen molar-refractivity contribution in [3.05, 3.63) is 96.8 Å². The minimum Gasteiger partial charge on any atom is -0.348 e. The second-order valence-corrected chi connectivity index (χ2v) is 8.45. The van der Waals surface area contributed by atoms with Crippen LogP contribution in [0.3, 0.4) is 0 Å². The Labute approximate surface area is 211 Å². The Hall–Kier alpha value is -4.10. The van der Waals surface area contributed by atoms with Crippen molar-refractivity contribution in [3.8, 4) is 11.8 Å². The third kappa shape index (κ3) is 7.44. The Morgan fingerprint density at radius 1 is 1.08 bits per heavy atom. The van der Waals surface area contributed by atoms with Crippen molar-refractivity contribution in [1.82, 2.24) is 9.55 Å². The molecule has 7 nitrogen and oxygen atoms in total. The summed E-state index contributed by atoms with van der Waals surface area (Å²) in [7, 11) is 0. The predicted molar refractivity (Wildman–Crippen MR) is 133 cm³/mol. The van der Waals surface area contributed by atoms with Gasteiger partial charge in [-0.2, -0.15) is 13.2 Å². The molecule has 0 fully saturated rings. The molecule has 37 heavy (non-hydrogen) atoms. The molecular weight excluding hydrogens is 487 g/mol. The van der Waals surface area contributed by atoms with Crippen LogP contribution in [0.2, 0.25) is 0 Å². The number of aromatic nitrogens is 2. The molecule has 3 rings (SSSR count). The lowest BCUT2D eigenvalue weighted by atomic mass is 10.0. The van der Waals surface area contributed by atoms with Crippen LogP contribution in [0, 0.1) is 25.7 Å². The number of amides is 1. The number of carbonyl (C=O) groups excluding carboxylic acids is 1. The second-order valence-electron chi connectivity index (χ2n) is 8.45. The first-order valence-electron chi connectivity index (χ1n) is 11.4. The van der Waals surface area contributed by atoms with Crippen molar-refractivity contribution < 1.29 is 22.7 Å². The fourth-order valence-corrected chi connectivity index (χ4v) is 3.89. The van der Waals surface area contributed by atoms with Gasteiger partial charge in [0.05, 0.1) is 0 Å². The van der Waals surface area contributed by atoms with E-state index >= 15 is 0 Å². The Morgan fingerprint density at radius 2 is 1.73 bits per heavy atom. The maximum atomic E-state index is 12.6. The van der Waals surface area contributed by atoms with E-state index in [1.807, 2.05) is 39.0 Å². The van der Waals surface area contributed by atoms with E-state index in [0.29, 0.717) is 29.7 Å². The number of ether oxygens (including phenoxy) is 1. The normalized spacial score (nSPS) is 11.1. The van der Waals surface area contributed by atoms with Gasteiger partial charge < -0.3 is 10.1 Å². The number of nitrogens with zero attached hydrogens (tertiary/aromatic N) is 1. The fraction of sp³-hybridized carbons (Fsp3) is 0.296. The summed E-state index contributed by atoms with van der Waals surface area (Å²) in [5, 5.41) is 1.76. The van der Waals surface area contributed by atoms with E-state index in [4.69, 9.17) is 4.74 Å². The van der Waals surface area contributed by atoms with Gasteiger partial charge in [0.25, 0.3) is 5.56 Å². The predicted octanol–water partition coefficient (Wildman–Crippen LogP) is 3.83. The number of rotatable bonds is 7. The molecule has 0 aliphatic carbocycles. The zero-order valence-electron chi connectivity index (χ0n) is 20.6. The van der Waals surface area contributed by atoms with E-state index in [1.165, 1.54) is 28.8 Å². The number of alkyl halides is 3. The average molecular weight is 514 g/mol. The Balaban J connectivity index is 1.71. The maximum Gasteiger partial charge on any atom is 0.471 e. The topological polar surface area (TPSA) is 93.2 Å². The van der Waals surface area contributed by atoms with E-state index in [0.717, 1.165) is 16.7 Å². The zero-order chi connectivity index (χ0) is 27.2. The van der Waals surface area contributed by atoms with Crippen molar-refractivity contribution in [2.45, 2.75) is 46.5 Å². The molecule has 0 atom stereocenters. The van der Waals surface area contributed by atoms with Gasteiger partial charge in [0.15, 0.2) is 0 Å². The quantitative estimate of drug-likeness (QED) is 0.371. The van der Waals surface area contributed by atoms with Gasteiger partial charge >= 0.3 is 17.8 Å². The zero-order valence-corrected chi connectivity index (χ0v) is 20.6. The molecule has 0 saturated carbocycles. The number of aryl methyl sites for hydroxylation is 2. The van der Waals surface area contributed by atoms with Crippen molar-refractivity contribution >= 4 is 11.6 Å². The third-order valence-corrected chi connectivity index (χ3v) is 5.45. The standard InChI is InChI=1S/C27H26F3N3O4/c1-4-22-23(15-20-13-17(2)12-18(3)14-20)33(26(36)32-24(22)34)16-37-11-5-6-19-7-9-21(10-8-19)31-25(35)27(28,29)30/h7-10,12-14H,4,11,15-16H2,1-3H3,(H,31,35)(H,32,34,36). The summed E-state index contributed by atoms with van der Waals surface area (Å²) in [6, 6.07) is 11.6. The molecule has 10 heteroatoms. The third-order valence-electron chi connectivity index (χ3n) is 5.45. The van der Waals surface area contributed by atoms with E-state index in [9.17, 15) is 27.6 Å². The van der Waals surface area contributed by atoms with Gasteiger partial charge in [-0.3, -0.25) is 19.1 Å².